The lowest BCUT2D eigenvalue weighted by molar-refractivity contribution is 0.102. The minimum Gasteiger partial charge on any atom is -0.487 e. The first-order chi connectivity index (χ1) is 14.5. The van der Waals surface area contributed by atoms with E-state index in [9.17, 15) is 9.18 Å². The lowest BCUT2D eigenvalue weighted by Gasteiger charge is -2.11. The zero-order chi connectivity index (χ0) is 21.1. The Kier molecular flexibility index (Phi) is 5.92. The number of hydrogen-bond acceptors (Lipinski definition) is 4. The van der Waals surface area contributed by atoms with Gasteiger partial charge in [0, 0.05) is 15.4 Å². The predicted octanol–water partition coefficient (Wildman–Crippen LogP) is 6.02. The predicted molar refractivity (Wildman–Crippen MR) is 117 cm³/mol. The highest BCUT2D eigenvalue weighted by Crippen LogP contribution is 2.28. The maximum Gasteiger partial charge on any atom is 0.256 e. The van der Waals surface area contributed by atoms with Gasteiger partial charge in [-0.3, -0.25) is 4.79 Å². The number of benzene rings is 3. The van der Waals surface area contributed by atoms with Crippen LogP contribution in [-0.4, -0.2) is 15.9 Å². The Morgan fingerprint density at radius 1 is 1.10 bits per heavy atom. The van der Waals surface area contributed by atoms with Crippen molar-refractivity contribution in [2.24, 2.45) is 0 Å². The number of carbonyl (C=O) groups excluding carboxylic acids is 1. The molecule has 0 aliphatic rings. The molecule has 0 aliphatic heterocycles. The summed E-state index contributed by atoms with van der Waals surface area (Å²) in [6.45, 7) is 0.158. The maximum absolute atomic E-state index is 13.3. The number of rotatable bonds is 5. The van der Waals surface area contributed by atoms with E-state index in [4.69, 9.17) is 16.3 Å². The topological polar surface area (TPSA) is 64.1 Å². The first kappa shape index (κ1) is 20.3. The van der Waals surface area contributed by atoms with Gasteiger partial charge >= 0.3 is 0 Å². The second kappa shape index (κ2) is 8.77. The van der Waals surface area contributed by atoms with Gasteiger partial charge in [0.2, 0.25) is 0 Å². The quantitative estimate of drug-likeness (QED) is 0.375. The molecular formula is C22H14BrClFN3O2. The number of fused-ring (bicyclic) bond motifs is 1. The molecule has 1 amide bonds. The highest BCUT2D eigenvalue weighted by Gasteiger charge is 2.13. The zero-order valence-corrected chi connectivity index (χ0v) is 17.7. The average Bonchev–Trinajstić information content (AvgIpc) is 2.73. The number of carbonyl (C=O) groups is 1. The van der Waals surface area contributed by atoms with Crippen LogP contribution in [0.3, 0.4) is 0 Å². The first-order valence-electron chi connectivity index (χ1n) is 8.88. The number of hydrogen-bond donors (Lipinski definition) is 1. The van der Waals surface area contributed by atoms with Crippen molar-refractivity contribution < 1.29 is 13.9 Å². The van der Waals surface area contributed by atoms with Gasteiger partial charge < -0.3 is 10.1 Å². The van der Waals surface area contributed by atoms with Gasteiger partial charge in [-0.1, -0.05) is 39.7 Å². The summed E-state index contributed by atoms with van der Waals surface area (Å²) in [5, 5.41) is 3.77. The molecule has 0 radical (unpaired) electrons. The van der Waals surface area contributed by atoms with Crippen molar-refractivity contribution in [2.75, 3.05) is 5.32 Å². The van der Waals surface area contributed by atoms with Crippen LogP contribution in [0.15, 0.2) is 71.5 Å². The Labute approximate surface area is 185 Å². The van der Waals surface area contributed by atoms with E-state index in [1.165, 1.54) is 24.5 Å². The molecule has 0 saturated heterocycles. The van der Waals surface area contributed by atoms with E-state index in [1.807, 2.05) is 18.2 Å². The van der Waals surface area contributed by atoms with Gasteiger partial charge in [-0.25, -0.2) is 14.4 Å². The Bertz CT molecular complexity index is 1250. The van der Waals surface area contributed by atoms with Crippen LogP contribution in [0.5, 0.6) is 5.75 Å². The van der Waals surface area contributed by atoms with Crippen molar-refractivity contribution in [3.05, 3.63) is 93.4 Å². The van der Waals surface area contributed by atoms with E-state index in [2.05, 4.69) is 31.2 Å². The van der Waals surface area contributed by atoms with Crippen molar-refractivity contribution in [1.82, 2.24) is 9.97 Å². The number of amides is 1. The Balaban J connectivity index is 1.50. The molecule has 0 fully saturated rings. The molecule has 0 saturated carbocycles. The number of halogens is 3. The molecule has 0 spiro atoms. The summed E-state index contributed by atoms with van der Waals surface area (Å²) in [5.41, 5.74) is 1.73. The number of ether oxygens (including phenoxy) is 1. The SMILES string of the molecule is O=C(Nc1ncnc2ccc(Br)cc12)c1ccc(OCc2cccc(F)c2)c(Cl)c1. The molecular weight excluding hydrogens is 473 g/mol. The van der Waals surface area contributed by atoms with Gasteiger partial charge in [0.05, 0.1) is 10.5 Å². The minimum absolute atomic E-state index is 0.158. The second-order valence-corrected chi connectivity index (χ2v) is 7.72. The Hall–Kier alpha value is -3.03. The van der Waals surface area contributed by atoms with E-state index < -0.39 is 0 Å². The summed E-state index contributed by atoms with van der Waals surface area (Å²) >= 11 is 9.69. The van der Waals surface area contributed by atoms with Crippen molar-refractivity contribution in [3.8, 4) is 5.75 Å². The average molecular weight is 487 g/mol. The van der Waals surface area contributed by atoms with Crippen molar-refractivity contribution >= 4 is 50.2 Å². The molecule has 0 bridgehead atoms. The number of nitrogens with one attached hydrogen (secondary N) is 1. The van der Waals surface area contributed by atoms with Gasteiger partial charge in [-0.15, -0.1) is 0 Å². The number of aromatic nitrogens is 2. The fraction of sp³-hybridized carbons (Fsp3) is 0.0455. The molecule has 0 atom stereocenters. The van der Waals surface area contributed by atoms with Crippen molar-refractivity contribution in [3.63, 3.8) is 0 Å². The zero-order valence-electron chi connectivity index (χ0n) is 15.4. The van der Waals surface area contributed by atoms with Gasteiger partial charge in [-0.2, -0.15) is 0 Å². The van der Waals surface area contributed by atoms with Crippen LogP contribution in [-0.2, 0) is 6.61 Å². The van der Waals surface area contributed by atoms with Crippen LogP contribution in [0, 0.1) is 5.82 Å². The highest BCUT2D eigenvalue weighted by atomic mass is 79.9. The van der Waals surface area contributed by atoms with Gasteiger partial charge in [0.25, 0.3) is 5.91 Å². The van der Waals surface area contributed by atoms with Gasteiger partial charge in [0.1, 0.15) is 30.3 Å². The summed E-state index contributed by atoms with van der Waals surface area (Å²) < 4.78 is 19.8. The molecule has 1 aromatic heterocycles. The third kappa shape index (κ3) is 4.58. The summed E-state index contributed by atoms with van der Waals surface area (Å²) in [4.78, 5) is 21.1. The molecule has 1 heterocycles. The monoisotopic (exact) mass is 485 g/mol. The van der Waals surface area contributed by atoms with Crippen LogP contribution in [0.4, 0.5) is 10.2 Å². The lowest BCUT2D eigenvalue weighted by atomic mass is 10.2. The van der Waals surface area contributed by atoms with E-state index in [0.717, 1.165) is 4.47 Å². The summed E-state index contributed by atoms with van der Waals surface area (Å²) in [5.74, 6) is 0.0924. The molecule has 5 nitrogen and oxygen atoms in total. The molecule has 4 rings (SSSR count). The van der Waals surface area contributed by atoms with Gasteiger partial charge in [0.15, 0.2) is 0 Å². The molecule has 0 unspecified atom stereocenters. The molecule has 8 heteroatoms. The summed E-state index contributed by atoms with van der Waals surface area (Å²) in [6, 6.07) is 16.4. The normalized spacial score (nSPS) is 10.8. The molecule has 0 aliphatic carbocycles. The van der Waals surface area contributed by atoms with E-state index in [1.54, 1.807) is 24.3 Å². The van der Waals surface area contributed by atoms with E-state index >= 15 is 0 Å². The second-order valence-electron chi connectivity index (χ2n) is 6.40. The molecule has 4 aromatic rings. The molecule has 30 heavy (non-hydrogen) atoms. The maximum atomic E-state index is 13.3. The summed E-state index contributed by atoms with van der Waals surface area (Å²) in [7, 11) is 0. The van der Waals surface area contributed by atoms with E-state index in [0.29, 0.717) is 33.6 Å². The first-order valence-corrected chi connectivity index (χ1v) is 10.0. The number of nitrogens with zero attached hydrogens (tertiary/aromatic N) is 2. The van der Waals surface area contributed by atoms with Gasteiger partial charge in [-0.05, 0) is 54.1 Å². The smallest absolute Gasteiger partial charge is 0.256 e. The third-order valence-corrected chi connectivity index (χ3v) is 5.10. The van der Waals surface area contributed by atoms with Crippen LogP contribution < -0.4 is 10.1 Å². The summed E-state index contributed by atoms with van der Waals surface area (Å²) in [6.07, 6.45) is 1.39. The largest absolute Gasteiger partial charge is 0.487 e. The minimum atomic E-state index is -0.367. The number of anilines is 1. The van der Waals surface area contributed by atoms with Crippen LogP contribution in [0.1, 0.15) is 15.9 Å². The molecule has 150 valence electrons. The van der Waals surface area contributed by atoms with Crippen LogP contribution in [0.2, 0.25) is 5.02 Å². The standard InChI is InChI=1S/C22H14BrClFN3O2/c23-15-5-6-19-17(10-15)21(27-12-26-19)28-22(29)14-4-7-20(18(24)9-14)30-11-13-2-1-3-16(25)8-13/h1-10,12H,11H2,(H,26,27,28,29). The van der Waals surface area contributed by atoms with Crippen LogP contribution in [0.25, 0.3) is 10.9 Å². The molecule has 1 N–H and O–H groups in total. The fourth-order valence-electron chi connectivity index (χ4n) is 2.86. The third-order valence-electron chi connectivity index (χ3n) is 4.31. The fourth-order valence-corrected chi connectivity index (χ4v) is 3.45. The van der Waals surface area contributed by atoms with E-state index in [-0.39, 0.29) is 23.4 Å². The van der Waals surface area contributed by atoms with Crippen molar-refractivity contribution in [1.29, 1.82) is 0 Å². The Morgan fingerprint density at radius 3 is 2.77 bits per heavy atom. The molecule has 3 aromatic carbocycles. The highest BCUT2D eigenvalue weighted by molar-refractivity contribution is 9.10. The lowest BCUT2D eigenvalue weighted by Crippen LogP contribution is -2.13. The Morgan fingerprint density at radius 2 is 1.97 bits per heavy atom. The van der Waals surface area contributed by atoms with Crippen LogP contribution >= 0.6 is 27.5 Å². The van der Waals surface area contributed by atoms with Crippen molar-refractivity contribution in [2.45, 2.75) is 6.61 Å².